The largest absolute Gasteiger partial charge is 0.349 e. The van der Waals surface area contributed by atoms with E-state index in [1.54, 1.807) is 6.20 Å². The first-order valence-corrected chi connectivity index (χ1v) is 7.74. The summed E-state index contributed by atoms with van der Waals surface area (Å²) in [6.07, 6.45) is 3.19. The van der Waals surface area contributed by atoms with Gasteiger partial charge in [0.1, 0.15) is 0 Å². The number of pyridine rings is 1. The van der Waals surface area contributed by atoms with Crippen molar-refractivity contribution >= 4 is 21.8 Å². The second-order valence-electron chi connectivity index (χ2n) is 5.45. The van der Waals surface area contributed by atoms with Gasteiger partial charge in [0.2, 0.25) is 5.91 Å². The first kappa shape index (κ1) is 14.3. The molecule has 0 saturated carbocycles. The average Bonchev–Trinajstić information content (AvgIpc) is 2.94. The maximum absolute atomic E-state index is 11.5. The lowest BCUT2D eigenvalue weighted by atomic mass is 10.0. The Kier molecular flexibility index (Phi) is 3.57. The molecule has 0 radical (unpaired) electrons. The number of nitrogens with zero attached hydrogens (tertiary/aromatic N) is 3. The Balaban J connectivity index is 2.07. The molecule has 5 nitrogen and oxygen atoms in total. The quantitative estimate of drug-likeness (QED) is 0.907. The van der Waals surface area contributed by atoms with Crippen LogP contribution in [0.25, 0.3) is 5.82 Å². The Morgan fingerprint density at radius 1 is 1.38 bits per heavy atom. The number of carbonyl (C=O) groups is 1. The maximum atomic E-state index is 11.5. The van der Waals surface area contributed by atoms with E-state index in [1.807, 2.05) is 31.5 Å². The zero-order valence-electron chi connectivity index (χ0n) is 12.3. The fourth-order valence-corrected chi connectivity index (χ4v) is 3.40. The number of hydrogen-bond donors (Lipinski definition) is 1. The van der Waals surface area contributed by atoms with Crippen molar-refractivity contribution in [1.82, 2.24) is 20.1 Å². The molecule has 2 aromatic rings. The van der Waals surface area contributed by atoms with Gasteiger partial charge in [-0.3, -0.25) is 4.79 Å². The Morgan fingerprint density at radius 2 is 2.14 bits per heavy atom. The van der Waals surface area contributed by atoms with Crippen molar-refractivity contribution in [2.45, 2.75) is 39.7 Å². The van der Waals surface area contributed by atoms with Crippen LogP contribution in [0.2, 0.25) is 0 Å². The Morgan fingerprint density at radius 3 is 2.76 bits per heavy atom. The van der Waals surface area contributed by atoms with E-state index >= 15 is 0 Å². The molecule has 1 amide bonds. The van der Waals surface area contributed by atoms with Gasteiger partial charge in [-0.25, -0.2) is 9.67 Å². The van der Waals surface area contributed by atoms with E-state index in [0.29, 0.717) is 6.42 Å². The van der Waals surface area contributed by atoms with Crippen LogP contribution in [0.1, 0.15) is 41.4 Å². The molecule has 1 fully saturated rings. The molecule has 6 heteroatoms. The monoisotopic (exact) mass is 348 g/mol. The molecule has 1 unspecified atom stereocenters. The molecule has 1 N–H and O–H groups in total. The highest BCUT2D eigenvalue weighted by Gasteiger charge is 2.28. The van der Waals surface area contributed by atoms with Crippen LogP contribution < -0.4 is 5.32 Å². The molecule has 1 saturated heterocycles. The van der Waals surface area contributed by atoms with Crippen LogP contribution in [0.3, 0.4) is 0 Å². The summed E-state index contributed by atoms with van der Waals surface area (Å²) < 4.78 is 2.82. The van der Waals surface area contributed by atoms with Crippen molar-refractivity contribution in [3.05, 3.63) is 39.3 Å². The SMILES string of the molecule is Cc1cc(Br)cnc1-n1nc(C)c(C2CCC(=O)N2)c1C. The summed E-state index contributed by atoms with van der Waals surface area (Å²) in [5, 5.41) is 7.65. The van der Waals surface area contributed by atoms with Crippen molar-refractivity contribution in [1.29, 1.82) is 0 Å². The molecule has 0 spiro atoms. The van der Waals surface area contributed by atoms with Gasteiger partial charge in [0, 0.05) is 28.3 Å². The van der Waals surface area contributed by atoms with Crippen molar-refractivity contribution in [3.63, 3.8) is 0 Å². The predicted molar refractivity (Wildman–Crippen MR) is 83.4 cm³/mol. The third-order valence-corrected chi connectivity index (χ3v) is 4.34. The van der Waals surface area contributed by atoms with Crippen LogP contribution in [0.5, 0.6) is 0 Å². The number of halogens is 1. The molecule has 0 aromatic carbocycles. The van der Waals surface area contributed by atoms with Crippen LogP contribution >= 0.6 is 15.9 Å². The van der Waals surface area contributed by atoms with E-state index < -0.39 is 0 Å². The fraction of sp³-hybridized carbons (Fsp3) is 0.400. The molecule has 3 heterocycles. The van der Waals surface area contributed by atoms with Gasteiger partial charge in [-0.2, -0.15) is 5.10 Å². The van der Waals surface area contributed by atoms with Gasteiger partial charge in [-0.05, 0) is 54.8 Å². The van der Waals surface area contributed by atoms with Gasteiger partial charge in [-0.1, -0.05) is 0 Å². The molecule has 1 atom stereocenters. The Bertz CT molecular complexity index is 723. The number of rotatable bonds is 2. The van der Waals surface area contributed by atoms with E-state index in [2.05, 4.69) is 31.3 Å². The summed E-state index contributed by atoms with van der Waals surface area (Å²) in [5.74, 6) is 0.943. The van der Waals surface area contributed by atoms with Gasteiger partial charge in [-0.15, -0.1) is 0 Å². The lowest BCUT2D eigenvalue weighted by molar-refractivity contribution is -0.119. The van der Waals surface area contributed by atoms with Crippen LogP contribution in [0.15, 0.2) is 16.7 Å². The summed E-state index contributed by atoms with van der Waals surface area (Å²) in [4.78, 5) is 15.9. The zero-order valence-corrected chi connectivity index (χ0v) is 13.9. The summed E-state index contributed by atoms with van der Waals surface area (Å²) in [7, 11) is 0. The maximum Gasteiger partial charge on any atom is 0.220 e. The lowest BCUT2D eigenvalue weighted by Crippen LogP contribution is -2.19. The van der Waals surface area contributed by atoms with E-state index in [0.717, 1.165) is 39.2 Å². The van der Waals surface area contributed by atoms with E-state index in [1.165, 1.54) is 0 Å². The Hall–Kier alpha value is -1.69. The van der Waals surface area contributed by atoms with Gasteiger partial charge in [0.05, 0.1) is 11.7 Å². The van der Waals surface area contributed by atoms with E-state index in [9.17, 15) is 4.79 Å². The molecule has 1 aliphatic heterocycles. The van der Waals surface area contributed by atoms with Crippen LogP contribution in [0, 0.1) is 20.8 Å². The average molecular weight is 349 g/mol. The summed E-state index contributed by atoms with van der Waals surface area (Å²) in [6.45, 7) is 6.03. The molecule has 21 heavy (non-hydrogen) atoms. The number of amides is 1. The normalized spacial score (nSPS) is 18.1. The number of nitrogens with one attached hydrogen (secondary N) is 1. The number of aryl methyl sites for hydroxylation is 2. The van der Waals surface area contributed by atoms with Crippen molar-refractivity contribution in [3.8, 4) is 5.82 Å². The minimum atomic E-state index is 0.0713. The second kappa shape index (κ2) is 5.26. The fourth-order valence-electron chi connectivity index (χ4n) is 2.95. The van der Waals surface area contributed by atoms with E-state index in [-0.39, 0.29) is 11.9 Å². The number of hydrogen-bond acceptors (Lipinski definition) is 3. The standard InChI is InChI=1S/C15H17BrN4O/c1-8-6-11(16)7-17-15(8)20-10(3)14(9(2)19-20)12-4-5-13(21)18-12/h6-7,12H,4-5H2,1-3H3,(H,18,21). The molecule has 0 aliphatic carbocycles. The molecular formula is C15H17BrN4O. The van der Waals surface area contributed by atoms with Crippen molar-refractivity contribution in [2.75, 3.05) is 0 Å². The lowest BCUT2D eigenvalue weighted by Gasteiger charge is -2.12. The molecule has 1 aliphatic rings. The highest BCUT2D eigenvalue weighted by Crippen LogP contribution is 2.30. The minimum Gasteiger partial charge on any atom is -0.349 e. The van der Waals surface area contributed by atoms with Crippen LogP contribution in [-0.2, 0) is 4.79 Å². The third-order valence-electron chi connectivity index (χ3n) is 3.91. The third kappa shape index (κ3) is 2.48. The minimum absolute atomic E-state index is 0.0713. The molecule has 2 aromatic heterocycles. The van der Waals surface area contributed by atoms with Crippen molar-refractivity contribution < 1.29 is 4.79 Å². The van der Waals surface area contributed by atoms with Crippen molar-refractivity contribution in [2.24, 2.45) is 0 Å². The van der Waals surface area contributed by atoms with E-state index in [4.69, 9.17) is 0 Å². The van der Waals surface area contributed by atoms with Gasteiger partial charge in [0.15, 0.2) is 5.82 Å². The van der Waals surface area contributed by atoms with Gasteiger partial charge >= 0.3 is 0 Å². The van der Waals surface area contributed by atoms with Crippen LogP contribution in [0.4, 0.5) is 0 Å². The predicted octanol–water partition coefficient (Wildman–Crippen LogP) is 2.91. The molecule has 3 rings (SSSR count). The molecular weight excluding hydrogens is 332 g/mol. The highest BCUT2D eigenvalue weighted by molar-refractivity contribution is 9.10. The van der Waals surface area contributed by atoms with Gasteiger partial charge in [0.25, 0.3) is 0 Å². The number of carbonyl (C=O) groups excluding carboxylic acids is 1. The highest BCUT2D eigenvalue weighted by atomic mass is 79.9. The molecule has 0 bridgehead atoms. The van der Waals surface area contributed by atoms with Crippen LogP contribution in [-0.4, -0.2) is 20.7 Å². The smallest absolute Gasteiger partial charge is 0.220 e. The first-order chi connectivity index (χ1) is 9.97. The second-order valence-corrected chi connectivity index (χ2v) is 6.36. The number of aromatic nitrogens is 3. The molecule has 110 valence electrons. The summed E-state index contributed by atoms with van der Waals surface area (Å²) >= 11 is 3.43. The van der Waals surface area contributed by atoms with Gasteiger partial charge < -0.3 is 5.32 Å². The summed E-state index contributed by atoms with van der Waals surface area (Å²) in [5.41, 5.74) is 4.16. The topological polar surface area (TPSA) is 59.8 Å². The zero-order chi connectivity index (χ0) is 15.1. The summed E-state index contributed by atoms with van der Waals surface area (Å²) in [6, 6.07) is 2.09. The Labute approximate surface area is 131 Å². The first-order valence-electron chi connectivity index (χ1n) is 6.95.